The van der Waals surface area contributed by atoms with Crippen LogP contribution in [0, 0.1) is 11.8 Å². The molecule has 1 aromatic heterocycles. The van der Waals surface area contributed by atoms with Crippen molar-refractivity contribution in [2.75, 3.05) is 13.2 Å². The summed E-state index contributed by atoms with van der Waals surface area (Å²) in [5.41, 5.74) is 0.397. The van der Waals surface area contributed by atoms with Crippen molar-refractivity contribution in [2.45, 2.75) is 26.7 Å². The molecule has 0 bridgehead atoms. The van der Waals surface area contributed by atoms with E-state index < -0.39 is 0 Å². The van der Waals surface area contributed by atoms with Crippen LogP contribution >= 0.6 is 0 Å². The minimum atomic E-state index is -0.358. The third-order valence-corrected chi connectivity index (χ3v) is 3.62. The fourth-order valence-corrected chi connectivity index (χ4v) is 2.30. The minimum absolute atomic E-state index is 0.344. The molecule has 2 rings (SSSR count). The summed E-state index contributed by atoms with van der Waals surface area (Å²) in [6, 6.07) is 3.40. The number of hydrogen-bond acceptors (Lipinski definition) is 4. The molecule has 4 nitrogen and oxygen atoms in total. The van der Waals surface area contributed by atoms with E-state index in [0.717, 1.165) is 12.8 Å². The highest BCUT2D eigenvalue weighted by molar-refractivity contribution is 5.91. The summed E-state index contributed by atoms with van der Waals surface area (Å²) < 4.78 is 10.8. The van der Waals surface area contributed by atoms with Crippen LogP contribution in [0.2, 0.25) is 0 Å². The van der Waals surface area contributed by atoms with Gasteiger partial charge in [0.05, 0.1) is 13.2 Å². The first-order valence-corrected chi connectivity index (χ1v) is 7.12. The Bertz CT molecular complexity index is 484. The molecule has 1 heterocycles. The van der Waals surface area contributed by atoms with Crippen molar-refractivity contribution in [3.63, 3.8) is 0 Å². The Balaban J connectivity index is 1.96. The van der Waals surface area contributed by atoms with E-state index in [2.05, 4.69) is 24.1 Å². The van der Waals surface area contributed by atoms with E-state index >= 15 is 0 Å². The topological polar surface area (TPSA) is 48.4 Å². The van der Waals surface area contributed by atoms with E-state index in [1.54, 1.807) is 18.3 Å². The second-order valence-corrected chi connectivity index (χ2v) is 5.07. The fraction of sp³-hybridized carbons (Fsp3) is 0.500. The molecule has 2 unspecified atom stereocenters. The molecule has 0 saturated carbocycles. The van der Waals surface area contributed by atoms with Gasteiger partial charge in [0.1, 0.15) is 5.56 Å². The normalized spacial score (nSPS) is 21.5. The molecule has 0 amide bonds. The molecule has 0 spiro atoms. The molecule has 0 N–H and O–H groups in total. The largest absolute Gasteiger partial charge is 0.477 e. The average Bonchev–Trinajstić information content (AvgIpc) is 2.47. The molecule has 0 aromatic carbocycles. The van der Waals surface area contributed by atoms with Crippen LogP contribution in [0.4, 0.5) is 0 Å². The molecule has 20 heavy (non-hydrogen) atoms. The number of allylic oxidation sites excluding steroid dienone is 2. The Hall–Kier alpha value is -1.84. The zero-order chi connectivity index (χ0) is 14.4. The summed E-state index contributed by atoms with van der Waals surface area (Å²) in [4.78, 5) is 16.2. The van der Waals surface area contributed by atoms with E-state index in [9.17, 15) is 4.79 Å². The van der Waals surface area contributed by atoms with Crippen molar-refractivity contribution in [1.82, 2.24) is 4.98 Å². The molecule has 0 radical (unpaired) electrons. The summed E-state index contributed by atoms with van der Waals surface area (Å²) in [5.74, 6) is 0.934. The SMILES string of the molecule is CCOc1ncccc1C(=O)OCC1CC=CCC1C. The maximum absolute atomic E-state index is 12.1. The summed E-state index contributed by atoms with van der Waals surface area (Å²) in [6.07, 6.45) is 7.99. The van der Waals surface area contributed by atoms with Gasteiger partial charge in [-0.2, -0.15) is 0 Å². The van der Waals surface area contributed by atoms with Gasteiger partial charge in [-0.3, -0.25) is 0 Å². The van der Waals surface area contributed by atoms with Crippen molar-refractivity contribution >= 4 is 5.97 Å². The van der Waals surface area contributed by atoms with Crippen LogP contribution in [0.1, 0.15) is 37.0 Å². The van der Waals surface area contributed by atoms with Gasteiger partial charge in [0.15, 0.2) is 0 Å². The molecule has 4 heteroatoms. The molecule has 0 fully saturated rings. The van der Waals surface area contributed by atoms with Crippen molar-refractivity contribution in [2.24, 2.45) is 11.8 Å². The first kappa shape index (κ1) is 14.6. The van der Waals surface area contributed by atoms with Gasteiger partial charge in [0.2, 0.25) is 5.88 Å². The minimum Gasteiger partial charge on any atom is -0.477 e. The van der Waals surface area contributed by atoms with Gasteiger partial charge < -0.3 is 9.47 Å². The van der Waals surface area contributed by atoms with Gasteiger partial charge in [-0.15, -0.1) is 0 Å². The lowest BCUT2D eigenvalue weighted by Gasteiger charge is -2.24. The number of aromatic nitrogens is 1. The lowest BCUT2D eigenvalue weighted by atomic mass is 9.85. The van der Waals surface area contributed by atoms with Gasteiger partial charge in [-0.05, 0) is 43.7 Å². The zero-order valence-electron chi connectivity index (χ0n) is 12.0. The number of rotatable bonds is 5. The zero-order valence-corrected chi connectivity index (χ0v) is 12.0. The van der Waals surface area contributed by atoms with Crippen molar-refractivity contribution in [3.05, 3.63) is 36.0 Å². The average molecular weight is 275 g/mol. The van der Waals surface area contributed by atoms with Crippen LogP contribution < -0.4 is 4.74 Å². The Labute approximate surface area is 119 Å². The quantitative estimate of drug-likeness (QED) is 0.611. The van der Waals surface area contributed by atoms with Gasteiger partial charge in [0.25, 0.3) is 0 Å². The van der Waals surface area contributed by atoms with Crippen LogP contribution in [0.15, 0.2) is 30.5 Å². The van der Waals surface area contributed by atoms with Gasteiger partial charge >= 0.3 is 5.97 Å². The molecule has 1 aromatic rings. The summed E-state index contributed by atoms with van der Waals surface area (Å²) >= 11 is 0. The van der Waals surface area contributed by atoms with Crippen LogP contribution in [-0.2, 0) is 4.74 Å². The Morgan fingerprint density at radius 3 is 2.95 bits per heavy atom. The number of nitrogens with zero attached hydrogens (tertiary/aromatic N) is 1. The molecule has 108 valence electrons. The third-order valence-electron chi connectivity index (χ3n) is 3.62. The number of esters is 1. The highest BCUT2D eigenvalue weighted by Gasteiger charge is 2.21. The molecule has 1 aliphatic carbocycles. The molecule has 0 aliphatic heterocycles. The molecule has 0 saturated heterocycles. The molecule has 2 atom stereocenters. The smallest absolute Gasteiger partial charge is 0.343 e. The Morgan fingerprint density at radius 1 is 1.40 bits per heavy atom. The van der Waals surface area contributed by atoms with E-state index in [0.29, 0.717) is 36.5 Å². The highest BCUT2D eigenvalue weighted by atomic mass is 16.5. The van der Waals surface area contributed by atoms with Gasteiger partial charge in [-0.1, -0.05) is 19.1 Å². The molecular weight excluding hydrogens is 254 g/mol. The van der Waals surface area contributed by atoms with E-state index in [-0.39, 0.29) is 5.97 Å². The third kappa shape index (κ3) is 3.59. The number of pyridine rings is 1. The summed E-state index contributed by atoms with van der Waals surface area (Å²) in [7, 11) is 0. The highest BCUT2D eigenvalue weighted by Crippen LogP contribution is 2.25. The summed E-state index contributed by atoms with van der Waals surface area (Å²) in [5, 5.41) is 0. The van der Waals surface area contributed by atoms with Crippen LogP contribution in [0.3, 0.4) is 0 Å². The number of hydrogen-bond donors (Lipinski definition) is 0. The van der Waals surface area contributed by atoms with Crippen molar-refractivity contribution in [3.8, 4) is 5.88 Å². The maximum Gasteiger partial charge on any atom is 0.343 e. The maximum atomic E-state index is 12.1. The van der Waals surface area contributed by atoms with E-state index in [1.165, 1.54) is 0 Å². The predicted molar refractivity (Wildman–Crippen MR) is 76.7 cm³/mol. The van der Waals surface area contributed by atoms with Gasteiger partial charge in [-0.25, -0.2) is 9.78 Å². The second-order valence-electron chi connectivity index (χ2n) is 5.07. The van der Waals surface area contributed by atoms with E-state index in [1.807, 2.05) is 6.92 Å². The number of carbonyl (C=O) groups is 1. The number of carbonyl (C=O) groups excluding carboxylic acids is 1. The summed E-state index contributed by atoms with van der Waals surface area (Å²) in [6.45, 7) is 4.98. The van der Waals surface area contributed by atoms with Crippen molar-refractivity contribution in [1.29, 1.82) is 0 Å². The van der Waals surface area contributed by atoms with Crippen molar-refractivity contribution < 1.29 is 14.3 Å². The standard InChI is InChI=1S/C16H21NO3/c1-3-19-15-14(9-6-10-17-15)16(18)20-11-13-8-5-4-7-12(13)2/h4-6,9-10,12-13H,3,7-8,11H2,1-2H3. The monoisotopic (exact) mass is 275 g/mol. The Kier molecular flexibility index (Phi) is 5.16. The van der Waals surface area contributed by atoms with Crippen LogP contribution in [0.5, 0.6) is 5.88 Å². The van der Waals surface area contributed by atoms with Gasteiger partial charge in [0, 0.05) is 6.20 Å². The first-order valence-electron chi connectivity index (χ1n) is 7.12. The molecular formula is C16H21NO3. The second kappa shape index (κ2) is 7.08. The van der Waals surface area contributed by atoms with E-state index in [4.69, 9.17) is 9.47 Å². The molecule has 1 aliphatic rings. The van der Waals surface area contributed by atoms with Crippen LogP contribution in [0.25, 0.3) is 0 Å². The van der Waals surface area contributed by atoms with Crippen LogP contribution in [-0.4, -0.2) is 24.2 Å². The predicted octanol–water partition coefficient (Wildman–Crippen LogP) is 3.24. The lowest BCUT2D eigenvalue weighted by molar-refractivity contribution is 0.0390. The first-order chi connectivity index (χ1) is 9.72. The number of ether oxygens (including phenoxy) is 2. The Morgan fingerprint density at radius 2 is 2.20 bits per heavy atom. The fourth-order valence-electron chi connectivity index (χ4n) is 2.30. The lowest BCUT2D eigenvalue weighted by Crippen LogP contribution is -2.22.